The van der Waals surface area contributed by atoms with Crippen molar-refractivity contribution in [2.45, 2.75) is 25.2 Å². The van der Waals surface area contributed by atoms with Gasteiger partial charge in [0.15, 0.2) is 0 Å². The van der Waals surface area contributed by atoms with Crippen LogP contribution in [0.2, 0.25) is 0 Å². The van der Waals surface area contributed by atoms with Crippen LogP contribution in [-0.4, -0.2) is 71.6 Å². The standard InChI is InChI=1S/C16H24N4O2/c21-16(4-7-19-8-10-22-11-9-19)20-6-1-2-14(12-20)15-3-5-17-13-18-15/h3,5,13-14H,1-2,4,6-12H2/t14-/m0/s1. The molecular formula is C16H24N4O2. The van der Waals surface area contributed by atoms with Crippen LogP contribution in [0.5, 0.6) is 0 Å². The summed E-state index contributed by atoms with van der Waals surface area (Å²) in [6.45, 7) is 5.97. The predicted molar refractivity (Wildman–Crippen MR) is 82.5 cm³/mol. The van der Waals surface area contributed by atoms with E-state index in [4.69, 9.17) is 4.74 Å². The lowest BCUT2D eigenvalue weighted by atomic mass is 9.94. The van der Waals surface area contributed by atoms with E-state index < -0.39 is 0 Å². The molecule has 2 aliphatic rings. The van der Waals surface area contributed by atoms with Crippen molar-refractivity contribution in [1.82, 2.24) is 19.8 Å². The Morgan fingerprint density at radius 2 is 2.18 bits per heavy atom. The summed E-state index contributed by atoms with van der Waals surface area (Å²) in [7, 11) is 0. The molecule has 22 heavy (non-hydrogen) atoms. The molecule has 1 amide bonds. The average Bonchev–Trinajstić information content (AvgIpc) is 2.61. The average molecular weight is 304 g/mol. The third-order valence-electron chi connectivity index (χ3n) is 4.54. The van der Waals surface area contributed by atoms with Gasteiger partial charge >= 0.3 is 0 Å². The van der Waals surface area contributed by atoms with Crippen LogP contribution in [0.25, 0.3) is 0 Å². The van der Waals surface area contributed by atoms with Crippen LogP contribution in [0, 0.1) is 0 Å². The maximum absolute atomic E-state index is 12.5. The van der Waals surface area contributed by atoms with Gasteiger partial charge in [0.05, 0.1) is 13.2 Å². The zero-order chi connectivity index (χ0) is 15.2. The predicted octanol–water partition coefficient (Wildman–Crippen LogP) is 0.905. The molecule has 0 radical (unpaired) electrons. The Bertz CT molecular complexity index is 476. The highest BCUT2D eigenvalue weighted by Crippen LogP contribution is 2.25. The molecular weight excluding hydrogens is 280 g/mol. The summed E-state index contributed by atoms with van der Waals surface area (Å²) in [4.78, 5) is 25.1. The van der Waals surface area contributed by atoms with Crippen molar-refractivity contribution in [3.8, 4) is 0 Å². The second-order valence-electron chi connectivity index (χ2n) is 6.02. The molecule has 2 fully saturated rings. The first-order valence-electron chi connectivity index (χ1n) is 8.17. The Labute approximate surface area is 131 Å². The maximum Gasteiger partial charge on any atom is 0.223 e. The van der Waals surface area contributed by atoms with Crippen LogP contribution >= 0.6 is 0 Å². The molecule has 6 heteroatoms. The van der Waals surface area contributed by atoms with Gasteiger partial charge in [0.1, 0.15) is 6.33 Å². The molecule has 0 aromatic carbocycles. The third kappa shape index (κ3) is 4.01. The van der Waals surface area contributed by atoms with Crippen molar-refractivity contribution >= 4 is 5.91 Å². The van der Waals surface area contributed by atoms with E-state index >= 15 is 0 Å². The summed E-state index contributed by atoms with van der Waals surface area (Å²) in [5.74, 6) is 0.620. The second-order valence-corrected chi connectivity index (χ2v) is 6.02. The fourth-order valence-corrected chi connectivity index (χ4v) is 3.22. The van der Waals surface area contributed by atoms with Gasteiger partial charge in [-0.15, -0.1) is 0 Å². The number of piperidine rings is 1. The van der Waals surface area contributed by atoms with Gasteiger partial charge in [0, 0.05) is 57.0 Å². The first-order valence-corrected chi connectivity index (χ1v) is 8.17. The largest absolute Gasteiger partial charge is 0.379 e. The van der Waals surface area contributed by atoms with Gasteiger partial charge < -0.3 is 9.64 Å². The number of morpholine rings is 1. The molecule has 0 bridgehead atoms. The SMILES string of the molecule is O=C(CCN1CCOCC1)N1CCC[C@H](c2ccncn2)C1. The van der Waals surface area contributed by atoms with Gasteiger partial charge in [-0.05, 0) is 18.9 Å². The molecule has 0 spiro atoms. The first-order chi connectivity index (χ1) is 10.8. The molecule has 6 nitrogen and oxygen atoms in total. The number of ether oxygens (including phenoxy) is 1. The highest BCUT2D eigenvalue weighted by molar-refractivity contribution is 5.76. The monoisotopic (exact) mass is 304 g/mol. The lowest BCUT2D eigenvalue weighted by Crippen LogP contribution is -2.42. The van der Waals surface area contributed by atoms with Gasteiger partial charge in [-0.2, -0.15) is 0 Å². The summed E-state index contributed by atoms with van der Waals surface area (Å²) in [6, 6.07) is 1.96. The van der Waals surface area contributed by atoms with E-state index in [0.29, 0.717) is 12.3 Å². The van der Waals surface area contributed by atoms with Crippen molar-refractivity contribution < 1.29 is 9.53 Å². The minimum atomic E-state index is 0.269. The van der Waals surface area contributed by atoms with Crippen LogP contribution in [0.1, 0.15) is 30.9 Å². The van der Waals surface area contributed by atoms with E-state index in [-0.39, 0.29) is 5.91 Å². The Morgan fingerprint density at radius 3 is 2.95 bits per heavy atom. The number of carbonyl (C=O) groups is 1. The molecule has 2 saturated heterocycles. The Balaban J connectivity index is 1.49. The van der Waals surface area contributed by atoms with E-state index in [1.807, 2.05) is 11.0 Å². The highest BCUT2D eigenvalue weighted by Gasteiger charge is 2.25. The zero-order valence-electron chi connectivity index (χ0n) is 13.0. The van der Waals surface area contributed by atoms with Crippen molar-refractivity contribution in [3.05, 3.63) is 24.3 Å². The maximum atomic E-state index is 12.5. The van der Waals surface area contributed by atoms with Crippen LogP contribution in [0.3, 0.4) is 0 Å². The van der Waals surface area contributed by atoms with Crippen molar-refractivity contribution in [3.63, 3.8) is 0 Å². The van der Waals surface area contributed by atoms with Crippen LogP contribution in [0.15, 0.2) is 18.6 Å². The number of hydrogen-bond donors (Lipinski definition) is 0. The molecule has 0 saturated carbocycles. The minimum absolute atomic E-state index is 0.269. The second kappa shape index (κ2) is 7.65. The van der Waals surface area contributed by atoms with E-state index in [9.17, 15) is 4.79 Å². The van der Waals surface area contributed by atoms with E-state index in [2.05, 4.69) is 14.9 Å². The van der Waals surface area contributed by atoms with Crippen LogP contribution in [0.4, 0.5) is 0 Å². The number of aromatic nitrogens is 2. The Hall–Kier alpha value is -1.53. The molecule has 120 valence electrons. The molecule has 0 unspecified atom stereocenters. The fourth-order valence-electron chi connectivity index (χ4n) is 3.22. The number of hydrogen-bond acceptors (Lipinski definition) is 5. The number of amides is 1. The lowest BCUT2D eigenvalue weighted by molar-refractivity contribution is -0.133. The fraction of sp³-hybridized carbons (Fsp3) is 0.688. The Kier molecular flexibility index (Phi) is 5.34. The summed E-state index contributed by atoms with van der Waals surface area (Å²) in [5, 5.41) is 0. The number of nitrogens with zero attached hydrogens (tertiary/aromatic N) is 4. The van der Waals surface area contributed by atoms with Gasteiger partial charge in [-0.25, -0.2) is 9.97 Å². The number of carbonyl (C=O) groups excluding carboxylic acids is 1. The summed E-state index contributed by atoms with van der Waals surface area (Å²) in [5.41, 5.74) is 1.06. The van der Waals surface area contributed by atoms with Gasteiger partial charge in [-0.1, -0.05) is 0 Å². The summed E-state index contributed by atoms with van der Waals surface area (Å²) >= 11 is 0. The zero-order valence-corrected chi connectivity index (χ0v) is 13.0. The third-order valence-corrected chi connectivity index (χ3v) is 4.54. The number of rotatable bonds is 4. The smallest absolute Gasteiger partial charge is 0.223 e. The van der Waals surface area contributed by atoms with Crippen LogP contribution in [-0.2, 0) is 9.53 Å². The molecule has 3 rings (SSSR count). The van der Waals surface area contributed by atoms with Gasteiger partial charge in [0.2, 0.25) is 5.91 Å². The van der Waals surface area contributed by atoms with Gasteiger partial charge in [-0.3, -0.25) is 9.69 Å². The molecule has 3 heterocycles. The lowest BCUT2D eigenvalue weighted by Gasteiger charge is -2.33. The summed E-state index contributed by atoms with van der Waals surface area (Å²) < 4.78 is 5.34. The Morgan fingerprint density at radius 1 is 1.32 bits per heavy atom. The normalized spacial score (nSPS) is 23.5. The minimum Gasteiger partial charge on any atom is -0.379 e. The molecule has 1 atom stereocenters. The van der Waals surface area contributed by atoms with E-state index in [0.717, 1.165) is 64.5 Å². The van der Waals surface area contributed by atoms with Crippen molar-refractivity contribution in [2.75, 3.05) is 45.9 Å². The van der Waals surface area contributed by atoms with E-state index in [1.165, 1.54) is 0 Å². The molecule has 0 aliphatic carbocycles. The summed E-state index contributed by atoms with van der Waals surface area (Å²) in [6.07, 6.45) is 6.13. The quantitative estimate of drug-likeness (QED) is 0.827. The highest BCUT2D eigenvalue weighted by atomic mass is 16.5. The molecule has 2 aliphatic heterocycles. The topological polar surface area (TPSA) is 58.6 Å². The molecule has 1 aromatic heterocycles. The molecule has 1 aromatic rings. The van der Waals surface area contributed by atoms with E-state index in [1.54, 1.807) is 12.5 Å². The van der Waals surface area contributed by atoms with Crippen molar-refractivity contribution in [2.24, 2.45) is 0 Å². The van der Waals surface area contributed by atoms with Crippen LogP contribution < -0.4 is 0 Å². The molecule has 0 N–H and O–H groups in total. The van der Waals surface area contributed by atoms with Crippen molar-refractivity contribution in [1.29, 1.82) is 0 Å². The number of likely N-dealkylation sites (tertiary alicyclic amines) is 1. The van der Waals surface area contributed by atoms with Gasteiger partial charge in [0.25, 0.3) is 0 Å². The first kappa shape index (κ1) is 15.4.